The third kappa shape index (κ3) is 4.91. The zero-order valence-corrected chi connectivity index (χ0v) is 20.6. The average molecular weight is 488 g/mol. The Hall–Kier alpha value is -3.24. The van der Waals surface area contributed by atoms with Gasteiger partial charge in [-0.3, -0.25) is 4.79 Å². The van der Waals surface area contributed by atoms with Crippen LogP contribution in [0.15, 0.2) is 35.5 Å². The number of allylic oxidation sites excluding steroid dienone is 1. The second kappa shape index (κ2) is 10.1. The van der Waals surface area contributed by atoms with Gasteiger partial charge < -0.3 is 25.4 Å². The molecule has 2 heterocycles. The van der Waals surface area contributed by atoms with Crippen molar-refractivity contribution in [1.82, 2.24) is 10.6 Å². The van der Waals surface area contributed by atoms with Crippen LogP contribution >= 0.6 is 23.6 Å². The summed E-state index contributed by atoms with van der Waals surface area (Å²) in [6, 6.07) is 6.15. The highest BCUT2D eigenvalue weighted by Crippen LogP contribution is 2.35. The SMILES string of the molecule is CCOC(=O)c1c(NC(=O)C2=C(C)NC(=S)NC2c2ccccc2C(=O)OC)sc(C)c1C. The number of thiophene rings is 1. The minimum absolute atomic E-state index is 0.225. The molecule has 3 N–H and O–H groups in total. The van der Waals surface area contributed by atoms with E-state index in [1.54, 1.807) is 38.1 Å². The first-order valence-corrected chi connectivity index (χ1v) is 11.5. The van der Waals surface area contributed by atoms with Crippen molar-refractivity contribution in [2.75, 3.05) is 19.0 Å². The summed E-state index contributed by atoms with van der Waals surface area (Å²) < 4.78 is 10.1. The Kier molecular flexibility index (Phi) is 7.50. The van der Waals surface area contributed by atoms with Gasteiger partial charge in [0.25, 0.3) is 5.91 Å². The van der Waals surface area contributed by atoms with E-state index in [2.05, 4.69) is 16.0 Å². The molecule has 0 fully saturated rings. The van der Waals surface area contributed by atoms with Gasteiger partial charge in [-0.2, -0.15) is 0 Å². The van der Waals surface area contributed by atoms with Gasteiger partial charge in [0.05, 0.1) is 36.5 Å². The van der Waals surface area contributed by atoms with Gasteiger partial charge in [-0.15, -0.1) is 11.3 Å². The highest BCUT2D eigenvalue weighted by atomic mass is 32.1. The van der Waals surface area contributed by atoms with E-state index in [4.69, 9.17) is 21.7 Å². The molecule has 10 heteroatoms. The summed E-state index contributed by atoms with van der Waals surface area (Å²) in [6.07, 6.45) is 0. The normalized spacial score (nSPS) is 15.4. The largest absolute Gasteiger partial charge is 0.465 e. The van der Waals surface area contributed by atoms with E-state index >= 15 is 0 Å². The third-order valence-corrected chi connectivity index (χ3v) is 6.63. The van der Waals surface area contributed by atoms with Crippen LogP contribution in [-0.2, 0) is 14.3 Å². The molecule has 0 spiro atoms. The number of benzene rings is 1. The maximum atomic E-state index is 13.5. The van der Waals surface area contributed by atoms with Crippen molar-refractivity contribution in [1.29, 1.82) is 0 Å². The van der Waals surface area contributed by atoms with Gasteiger partial charge in [0.15, 0.2) is 5.11 Å². The molecule has 1 unspecified atom stereocenters. The highest BCUT2D eigenvalue weighted by Gasteiger charge is 2.33. The molecule has 0 saturated carbocycles. The minimum atomic E-state index is -0.706. The van der Waals surface area contributed by atoms with E-state index in [0.717, 1.165) is 10.4 Å². The average Bonchev–Trinajstić information content (AvgIpc) is 3.05. The quantitative estimate of drug-likeness (QED) is 0.418. The van der Waals surface area contributed by atoms with Crippen molar-refractivity contribution in [3.05, 3.63) is 62.7 Å². The van der Waals surface area contributed by atoms with Gasteiger partial charge in [-0.05, 0) is 57.1 Å². The number of amides is 1. The van der Waals surface area contributed by atoms with Crippen molar-refractivity contribution in [2.24, 2.45) is 0 Å². The zero-order valence-electron chi connectivity index (χ0n) is 19.0. The predicted octanol–water partition coefficient (Wildman–Crippen LogP) is 3.76. The Bertz CT molecular complexity index is 1170. The molecule has 1 atom stereocenters. The minimum Gasteiger partial charge on any atom is -0.465 e. The summed E-state index contributed by atoms with van der Waals surface area (Å²) in [4.78, 5) is 39.3. The van der Waals surface area contributed by atoms with Gasteiger partial charge in [0.1, 0.15) is 5.00 Å². The number of hydrogen-bond donors (Lipinski definition) is 3. The fourth-order valence-corrected chi connectivity index (χ4v) is 4.92. The topological polar surface area (TPSA) is 106 Å². The second-order valence-corrected chi connectivity index (χ2v) is 8.94. The Morgan fingerprint density at radius 1 is 1.15 bits per heavy atom. The van der Waals surface area contributed by atoms with Crippen LogP contribution in [0.1, 0.15) is 56.6 Å². The van der Waals surface area contributed by atoms with Gasteiger partial charge in [-0.25, -0.2) is 9.59 Å². The maximum absolute atomic E-state index is 13.5. The second-order valence-electron chi connectivity index (χ2n) is 7.31. The van der Waals surface area contributed by atoms with E-state index in [1.165, 1.54) is 18.4 Å². The number of hydrogen-bond acceptors (Lipinski definition) is 7. The van der Waals surface area contributed by atoms with Gasteiger partial charge in [-0.1, -0.05) is 18.2 Å². The molecule has 0 saturated heterocycles. The van der Waals surface area contributed by atoms with Crippen molar-refractivity contribution >= 4 is 51.5 Å². The lowest BCUT2D eigenvalue weighted by atomic mass is 9.91. The van der Waals surface area contributed by atoms with Crippen LogP contribution in [0.3, 0.4) is 0 Å². The molecule has 33 heavy (non-hydrogen) atoms. The van der Waals surface area contributed by atoms with Gasteiger partial charge >= 0.3 is 11.9 Å². The predicted molar refractivity (Wildman–Crippen MR) is 130 cm³/mol. The van der Waals surface area contributed by atoms with Crippen LogP contribution in [0.25, 0.3) is 0 Å². The maximum Gasteiger partial charge on any atom is 0.341 e. The van der Waals surface area contributed by atoms with E-state index in [0.29, 0.717) is 38.1 Å². The molecule has 2 aromatic rings. The Labute approximate surface area is 201 Å². The van der Waals surface area contributed by atoms with Crippen molar-refractivity contribution in [2.45, 2.75) is 33.7 Å². The van der Waals surface area contributed by atoms with Crippen LogP contribution in [0.4, 0.5) is 5.00 Å². The zero-order chi connectivity index (χ0) is 24.3. The van der Waals surface area contributed by atoms with Crippen LogP contribution in [0.2, 0.25) is 0 Å². The molecule has 3 rings (SSSR count). The van der Waals surface area contributed by atoms with Crippen molar-refractivity contribution < 1.29 is 23.9 Å². The van der Waals surface area contributed by atoms with Crippen molar-refractivity contribution in [3.63, 3.8) is 0 Å². The molecule has 1 aromatic heterocycles. The Morgan fingerprint density at radius 2 is 1.85 bits per heavy atom. The van der Waals surface area contributed by atoms with Gasteiger partial charge in [0.2, 0.25) is 0 Å². The molecule has 1 aromatic carbocycles. The molecule has 8 nitrogen and oxygen atoms in total. The summed E-state index contributed by atoms with van der Waals surface area (Å²) in [5.74, 6) is -1.45. The van der Waals surface area contributed by atoms with Crippen LogP contribution in [-0.4, -0.2) is 36.7 Å². The van der Waals surface area contributed by atoms with Crippen molar-refractivity contribution in [3.8, 4) is 0 Å². The smallest absolute Gasteiger partial charge is 0.341 e. The third-order valence-electron chi connectivity index (χ3n) is 5.28. The summed E-state index contributed by atoms with van der Waals surface area (Å²) in [6.45, 7) is 7.37. The molecule has 174 valence electrons. The number of anilines is 1. The van der Waals surface area contributed by atoms with E-state index in [-0.39, 0.29) is 6.61 Å². The molecular weight excluding hydrogens is 462 g/mol. The fourth-order valence-electron chi connectivity index (χ4n) is 3.61. The lowest BCUT2D eigenvalue weighted by Gasteiger charge is -2.31. The van der Waals surface area contributed by atoms with Crippen LogP contribution < -0.4 is 16.0 Å². The number of carbonyl (C=O) groups excluding carboxylic acids is 3. The van der Waals surface area contributed by atoms with Crippen LogP contribution in [0, 0.1) is 13.8 Å². The number of esters is 2. The number of nitrogens with one attached hydrogen (secondary N) is 3. The number of rotatable bonds is 6. The fraction of sp³-hybridized carbons (Fsp3) is 0.304. The number of aryl methyl sites for hydroxylation is 1. The molecular formula is C23H25N3O5S2. The number of ether oxygens (including phenoxy) is 2. The van der Waals surface area contributed by atoms with Crippen LogP contribution in [0.5, 0.6) is 0 Å². The summed E-state index contributed by atoms with van der Waals surface area (Å²) in [5.41, 5.74) is 2.82. The monoisotopic (exact) mass is 487 g/mol. The molecule has 1 aliphatic heterocycles. The summed E-state index contributed by atoms with van der Waals surface area (Å²) in [5, 5.41) is 9.64. The lowest BCUT2D eigenvalue weighted by molar-refractivity contribution is -0.113. The Balaban J connectivity index is 2.05. The standard InChI is InChI=1S/C23H25N3O5S2/c1-6-31-22(29)16-11(2)13(4)33-20(16)26-19(27)17-12(3)24-23(32)25-18(17)14-9-7-8-10-15(14)21(28)30-5/h7-10,18H,6H2,1-5H3,(H,26,27)(H2,24,25,32). The number of thiocarbonyl (C=S) groups is 1. The summed E-state index contributed by atoms with van der Waals surface area (Å²) in [7, 11) is 1.30. The first-order valence-electron chi connectivity index (χ1n) is 10.2. The number of carbonyl (C=O) groups is 3. The molecule has 1 amide bonds. The number of methoxy groups -OCH3 is 1. The molecule has 1 aliphatic rings. The Morgan fingerprint density at radius 3 is 2.52 bits per heavy atom. The lowest BCUT2D eigenvalue weighted by Crippen LogP contribution is -2.46. The van der Waals surface area contributed by atoms with E-state index in [1.807, 2.05) is 13.8 Å². The van der Waals surface area contributed by atoms with E-state index in [9.17, 15) is 14.4 Å². The summed E-state index contributed by atoms with van der Waals surface area (Å²) >= 11 is 6.61. The molecule has 0 radical (unpaired) electrons. The van der Waals surface area contributed by atoms with Gasteiger partial charge in [0, 0.05) is 10.6 Å². The van der Waals surface area contributed by atoms with E-state index < -0.39 is 23.9 Å². The molecule has 0 aliphatic carbocycles. The first kappa shape index (κ1) is 24.4. The molecule has 0 bridgehead atoms. The first-order chi connectivity index (χ1) is 15.7. The highest BCUT2D eigenvalue weighted by molar-refractivity contribution is 7.80.